The minimum Gasteiger partial charge on any atom is -0.369 e. The molecule has 0 amide bonds. The lowest BCUT2D eigenvalue weighted by Gasteiger charge is -2.28. The van der Waals surface area contributed by atoms with E-state index < -0.39 is 20.7 Å². The van der Waals surface area contributed by atoms with Gasteiger partial charge in [0.25, 0.3) is 10.0 Å². The van der Waals surface area contributed by atoms with E-state index in [9.17, 15) is 12.8 Å². The topological polar surface area (TPSA) is 81.3 Å². The van der Waals surface area contributed by atoms with Crippen LogP contribution >= 0.6 is 22.9 Å². The third kappa shape index (κ3) is 4.63. The van der Waals surface area contributed by atoms with Crippen LogP contribution in [0.25, 0.3) is 10.9 Å². The van der Waals surface area contributed by atoms with E-state index in [4.69, 9.17) is 11.6 Å². The zero-order valence-corrected chi connectivity index (χ0v) is 20.7. The summed E-state index contributed by atoms with van der Waals surface area (Å²) in [5, 5.41) is 2.90. The molecule has 0 bridgehead atoms. The first-order valence-electron chi connectivity index (χ1n) is 10.7. The standard InChI is InChI=1S/C23H23ClFN5O2S2/c1-29(17-5-7-30(12-17)11-15-2-3-20-16(8-15)4-6-26-20)21-10-19(25)22(9-18(21)24)34(31,32)28-23-13-33-14-27-23/h2-4,6,8-10,13-14,17,26,28H,5,7,11-12H2,1H3. The molecule has 4 aromatic rings. The van der Waals surface area contributed by atoms with E-state index in [0.717, 1.165) is 37.6 Å². The van der Waals surface area contributed by atoms with E-state index in [1.54, 1.807) is 0 Å². The average Bonchev–Trinajstić information content (AvgIpc) is 3.56. The molecule has 7 nitrogen and oxygen atoms in total. The van der Waals surface area contributed by atoms with E-state index in [2.05, 4.69) is 43.9 Å². The maximum Gasteiger partial charge on any atom is 0.266 e. The summed E-state index contributed by atoms with van der Waals surface area (Å²) in [5.41, 5.74) is 4.31. The van der Waals surface area contributed by atoms with Crippen LogP contribution in [0, 0.1) is 5.82 Å². The number of rotatable bonds is 7. The minimum atomic E-state index is -4.15. The van der Waals surface area contributed by atoms with Crippen LogP contribution in [0.4, 0.5) is 15.9 Å². The Hall–Kier alpha value is -2.66. The van der Waals surface area contributed by atoms with Crippen LogP contribution in [-0.4, -0.2) is 49.5 Å². The number of halogens is 2. The molecule has 0 aliphatic carbocycles. The number of likely N-dealkylation sites (N-methyl/N-ethyl adjacent to an activating group) is 1. The smallest absolute Gasteiger partial charge is 0.266 e. The van der Waals surface area contributed by atoms with Gasteiger partial charge in [0.2, 0.25) is 0 Å². The number of aromatic amines is 1. The molecular weight excluding hydrogens is 497 g/mol. The molecule has 5 rings (SSSR count). The summed E-state index contributed by atoms with van der Waals surface area (Å²) in [7, 11) is -2.28. The van der Waals surface area contributed by atoms with Crippen molar-refractivity contribution in [2.75, 3.05) is 29.8 Å². The van der Waals surface area contributed by atoms with E-state index in [1.807, 2.05) is 18.1 Å². The van der Waals surface area contributed by atoms with E-state index in [-0.39, 0.29) is 16.9 Å². The Kier molecular flexibility index (Phi) is 6.24. The number of nitrogens with zero attached hydrogens (tertiary/aromatic N) is 3. The van der Waals surface area contributed by atoms with Crippen LogP contribution in [0.3, 0.4) is 0 Å². The number of anilines is 2. The molecule has 1 atom stereocenters. The van der Waals surface area contributed by atoms with Crippen molar-refractivity contribution in [1.29, 1.82) is 0 Å². The summed E-state index contributed by atoms with van der Waals surface area (Å²) in [4.78, 5) is 10.9. The second-order valence-electron chi connectivity index (χ2n) is 8.40. The lowest BCUT2D eigenvalue weighted by molar-refractivity contribution is 0.326. The van der Waals surface area contributed by atoms with E-state index in [0.29, 0.717) is 5.69 Å². The van der Waals surface area contributed by atoms with Gasteiger partial charge in [-0.3, -0.25) is 9.62 Å². The van der Waals surface area contributed by atoms with Crippen molar-refractivity contribution in [3.05, 3.63) is 69.9 Å². The summed E-state index contributed by atoms with van der Waals surface area (Å²) in [6, 6.07) is 11.0. The zero-order chi connectivity index (χ0) is 23.9. The van der Waals surface area contributed by atoms with Crippen LogP contribution in [0.2, 0.25) is 5.02 Å². The van der Waals surface area contributed by atoms with Gasteiger partial charge in [0.05, 0.1) is 16.2 Å². The maximum absolute atomic E-state index is 14.9. The highest BCUT2D eigenvalue weighted by Gasteiger charge is 2.29. The number of H-pyrrole nitrogens is 1. The first kappa shape index (κ1) is 23.1. The van der Waals surface area contributed by atoms with Gasteiger partial charge in [0.1, 0.15) is 10.7 Å². The van der Waals surface area contributed by atoms with Gasteiger partial charge in [-0.2, -0.15) is 0 Å². The summed E-state index contributed by atoms with van der Waals surface area (Å²) < 4.78 is 42.5. The molecule has 2 N–H and O–H groups in total. The van der Waals surface area contributed by atoms with Crippen molar-refractivity contribution in [2.45, 2.75) is 23.9 Å². The van der Waals surface area contributed by atoms with Crippen LogP contribution in [0.1, 0.15) is 12.0 Å². The lowest BCUT2D eigenvalue weighted by atomic mass is 10.1. The van der Waals surface area contributed by atoms with Crippen molar-refractivity contribution >= 4 is 55.4 Å². The normalized spacial score (nSPS) is 16.9. The van der Waals surface area contributed by atoms with Crippen molar-refractivity contribution in [1.82, 2.24) is 14.9 Å². The van der Waals surface area contributed by atoms with E-state index >= 15 is 0 Å². The monoisotopic (exact) mass is 519 g/mol. The van der Waals surface area contributed by atoms with Gasteiger partial charge in [0.15, 0.2) is 5.82 Å². The second kappa shape index (κ2) is 9.18. The largest absolute Gasteiger partial charge is 0.369 e. The zero-order valence-electron chi connectivity index (χ0n) is 18.3. The molecule has 1 fully saturated rings. The Labute approximate surface area is 206 Å². The van der Waals surface area contributed by atoms with Crippen LogP contribution < -0.4 is 9.62 Å². The highest BCUT2D eigenvalue weighted by Crippen LogP contribution is 2.34. The number of nitrogens with one attached hydrogen (secondary N) is 2. The summed E-state index contributed by atoms with van der Waals surface area (Å²) >= 11 is 7.68. The Morgan fingerprint density at radius 2 is 2.18 bits per heavy atom. The fourth-order valence-electron chi connectivity index (χ4n) is 4.38. The molecule has 0 radical (unpaired) electrons. The van der Waals surface area contributed by atoms with Crippen molar-refractivity contribution in [3.63, 3.8) is 0 Å². The maximum atomic E-state index is 14.9. The highest BCUT2D eigenvalue weighted by molar-refractivity contribution is 7.92. The first-order chi connectivity index (χ1) is 16.3. The fraction of sp³-hybridized carbons (Fsp3) is 0.261. The Balaban J connectivity index is 1.29. The molecule has 1 aliphatic rings. The summed E-state index contributed by atoms with van der Waals surface area (Å²) in [5.74, 6) is -0.716. The molecule has 2 aromatic carbocycles. The average molecular weight is 520 g/mol. The van der Waals surface area contributed by atoms with Crippen molar-refractivity contribution in [3.8, 4) is 0 Å². The van der Waals surface area contributed by atoms with Crippen LogP contribution in [-0.2, 0) is 16.6 Å². The number of thiazole rings is 1. The predicted molar refractivity (Wildman–Crippen MR) is 135 cm³/mol. The van der Waals surface area contributed by atoms with Crippen LogP contribution in [0.5, 0.6) is 0 Å². The van der Waals surface area contributed by atoms with Gasteiger partial charge in [-0.25, -0.2) is 17.8 Å². The van der Waals surface area contributed by atoms with Crippen LogP contribution in [0.15, 0.2) is 58.4 Å². The minimum absolute atomic E-state index is 0.128. The molecule has 34 heavy (non-hydrogen) atoms. The number of benzene rings is 2. The number of hydrogen-bond donors (Lipinski definition) is 2. The van der Waals surface area contributed by atoms with Gasteiger partial charge < -0.3 is 9.88 Å². The molecule has 3 heterocycles. The van der Waals surface area contributed by atoms with Gasteiger partial charge >= 0.3 is 0 Å². The third-order valence-corrected chi connectivity index (χ3v) is 8.42. The fourth-order valence-corrected chi connectivity index (χ4v) is 6.38. The molecule has 1 aliphatic heterocycles. The first-order valence-corrected chi connectivity index (χ1v) is 13.5. The Bertz CT molecular complexity index is 1420. The molecule has 2 aromatic heterocycles. The summed E-state index contributed by atoms with van der Waals surface area (Å²) in [6.45, 7) is 2.53. The van der Waals surface area contributed by atoms with Crippen molar-refractivity contribution < 1.29 is 12.8 Å². The number of aromatic nitrogens is 2. The van der Waals surface area contributed by atoms with E-state index in [1.165, 1.54) is 39.2 Å². The number of likely N-dealkylation sites (tertiary alicyclic amines) is 1. The number of hydrogen-bond acceptors (Lipinski definition) is 6. The molecular formula is C23H23ClFN5O2S2. The SMILES string of the molecule is CN(c1cc(F)c(S(=O)(=O)Nc2cscn2)cc1Cl)C1CCN(Cc2ccc3[nH]ccc3c2)C1. The van der Waals surface area contributed by atoms with Gasteiger partial charge in [0, 0.05) is 55.9 Å². The van der Waals surface area contributed by atoms with Gasteiger partial charge in [-0.05, 0) is 41.6 Å². The second-order valence-corrected chi connectivity index (χ2v) is 11.2. The molecule has 0 saturated carbocycles. The molecule has 11 heteroatoms. The number of sulfonamides is 1. The molecule has 1 unspecified atom stereocenters. The molecule has 0 spiro atoms. The third-order valence-electron chi connectivity index (χ3n) is 6.16. The van der Waals surface area contributed by atoms with Gasteiger partial charge in [-0.15, -0.1) is 11.3 Å². The Morgan fingerprint density at radius 3 is 2.97 bits per heavy atom. The number of fused-ring (bicyclic) bond motifs is 1. The molecule has 1 saturated heterocycles. The lowest BCUT2D eigenvalue weighted by Crippen LogP contribution is -2.34. The van der Waals surface area contributed by atoms with Gasteiger partial charge in [-0.1, -0.05) is 17.7 Å². The summed E-state index contributed by atoms with van der Waals surface area (Å²) in [6.07, 6.45) is 2.83. The quantitative estimate of drug-likeness (QED) is 0.362. The predicted octanol–water partition coefficient (Wildman–Crippen LogP) is 4.93. The van der Waals surface area contributed by atoms with Crippen molar-refractivity contribution in [2.24, 2.45) is 0 Å². The highest BCUT2D eigenvalue weighted by atomic mass is 35.5. The Morgan fingerprint density at radius 1 is 1.32 bits per heavy atom. The molecule has 178 valence electrons.